The van der Waals surface area contributed by atoms with Gasteiger partial charge in [-0.15, -0.1) is 22.7 Å². The number of hydrogen-bond acceptors (Lipinski definition) is 21. The zero-order valence-electron chi connectivity index (χ0n) is 76.5. The molecule has 20 aromatic rings. The Hall–Kier alpha value is -9.07. The molecule has 35 heteroatoms. The van der Waals surface area contributed by atoms with Crippen LogP contribution in [0.4, 0.5) is 39.5 Å². The fourth-order valence-electron chi connectivity index (χ4n) is 14.3. The summed E-state index contributed by atoms with van der Waals surface area (Å²) in [5, 5.41) is 56.9. The minimum absolute atomic E-state index is 0. The van der Waals surface area contributed by atoms with Gasteiger partial charge in [0.05, 0.1) is 70.7 Å². The van der Waals surface area contributed by atoms with Gasteiger partial charge in [0.2, 0.25) is 11.6 Å². The number of thiophene rings is 2. The van der Waals surface area contributed by atoms with Crippen molar-refractivity contribution in [2.45, 2.75) is 46.2 Å². The van der Waals surface area contributed by atoms with Gasteiger partial charge in [0.15, 0.2) is 0 Å². The van der Waals surface area contributed by atoms with Crippen molar-refractivity contribution in [2.75, 3.05) is 0 Å². The van der Waals surface area contributed by atoms with Crippen molar-refractivity contribution in [2.24, 2.45) is 0 Å². The summed E-state index contributed by atoms with van der Waals surface area (Å²) in [6.07, 6.45) is 1.42. The zero-order chi connectivity index (χ0) is 97.7. The number of phenolic OH excluding ortho intramolecular Hbond substituents is 2. The molecule has 0 fully saturated rings. The van der Waals surface area contributed by atoms with E-state index in [2.05, 4.69) is 215 Å². The number of nitrogens with zero attached hydrogens (tertiary/aromatic N) is 9. The molecule has 0 saturated carbocycles. The molecule has 0 spiro atoms. The second-order valence-electron chi connectivity index (χ2n) is 30.1. The summed E-state index contributed by atoms with van der Waals surface area (Å²) in [5.74, 6) is -8.52. The Morgan fingerprint density at radius 1 is 0.271 bits per heavy atom. The molecule has 11 heterocycles. The standard InChI is InChI=1S/2C24H16N2.2C13H12O2S.C12H8N2.3C7H4F3NO2.2CH3.5Eu/c2*1-3-7-17(8-4-1)19-13-15-25-23-21(19)11-12-22-20(14-16-26-24(22)23)18-9-5-2-6-10-18;2*1-8-6-9(2)12(14)10(7-8)13(15)11-4-3-5-16-11;1-3-9-5-6-10-4-2-8-14-12(10)11(9)13-7-1;3*8-7(9,10)6(13)4-3-11-2-1-5(4)12;;;;;;;/h2*1-16H;2*3-7,14H,1-2H3;1-8H;3*1-3H,(H,11,12);2*1H3;;;;;/q;;;;;;;;2*-1;;;;;. The van der Waals surface area contributed by atoms with Crippen LogP contribution in [0.15, 0.2) is 358 Å². The van der Waals surface area contributed by atoms with Gasteiger partial charge in [-0.2, -0.15) is 39.5 Å². The van der Waals surface area contributed by atoms with Crippen molar-refractivity contribution in [3.63, 3.8) is 0 Å². The Morgan fingerprint density at radius 3 is 0.764 bits per heavy atom. The van der Waals surface area contributed by atoms with Crippen LogP contribution < -0.4 is 0 Å². The van der Waals surface area contributed by atoms with Gasteiger partial charge >= 0.3 is 18.5 Å². The van der Waals surface area contributed by atoms with Crippen molar-refractivity contribution in [1.82, 2.24) is 44.9 Å². The first-order chi connectivity index (χ1) is 65.7. The van der Waals surface area contributed by atoms with Gasteiger partial charge in [0.1, 0.15) is 28.7 Å². The maximum atomic E-state index is 12.1. The van der Waals surface area contributed by atoms with Crippen LogP contribution in [0.5, 0.6) is 28.7 Å². The summed E-state index contributed by atoms with van der Waals surface area (Å²) in [5.41, 5.74) is 16.9. The average molecular weight is 2670 g/mol. The minimum Gasteiger partial charge on any atom is -0.507 e. The van der Waals surface area contributed by atoms with Crippen LogP contribution in [-0.2, 0) is 0 Å². The predicted molar refractivity (Wildman–Crippen MR) is 525 cm³/mol. The SMILES string of the molecule is Cc1cc(C)c(O)c(C(=O)c2cccs2)c1.Cc1cc(C)c(O)c(C(=O)c2cccs2)c1.O=C(c1cnccc1O)C(F)(F)F.O=C(c1cnccc1O)C(F)(F)F.O=C(c1cnccc1O)C(F)(F)F.[CH3-].[CH3-].[Eu].[Eu].[Eu].[Eu].[Eu].c1ccc(-c2ccnc3c2ccc2c(-c4ccccc4)ccnc23)cc1.c1ccc(-c2ccnc3c2ccc2c(-c4ccccc4)ccnc23)cc1.c1cnc2c(c1)ccc1cccnc12. The van der Waals surface area contributed by atoms with Crippen LogP contribution in [0, 0.1) is 289 Å². The van der Waals surface area contributed by atoms with Crippen molar-refractivity contribution in [1.29, 1.82) is 0 Å². The first kappa shape index (κ1) is 124. The van der Waals surface area contributed by atoms with Crippen molar-refractivity contribution in [3.8, 4) is 73.3 Å². The van der Waals surface area contributed by atoms with Gasteiger partial charge in [0, 0.05) is 354 Å². The second-order valence-corrected chi connectivity index (χ2v) is 32.0. The fourth-order valence-corrected chi connectivity index (χ4v) is 15.7. The van der Waals surface area contributed by atoms with Gasteiger partial charge in [-0.25, -0.2) is 0 Å². The molecule has 735 valence electrons. The quantitative estimate of drug-likeness (QED) is 0.0348. The third-order valence-electron chi connectivity index (χ3n) is 20.7. The molecule has 19 nitrogen and oxygen atoms in total. The van der Waals surface area contributed by atoms with Gasteiger partial charge < -0.3 is 40.4 Å². The van der Waals surface area contributed by atoms with Crippen molar-refractivity contribution >= 4 is 117 Å². The molecule has 0 bridgehead atoms. The number of pyridine rings is 9. The van der Waals surface area contributed by atoms with Gasteiger partial charge in [-0.3, -0.25) is 68.8 Å². The number of hydrogen-bond donors (Lipinski definition) is 5. The number of phenols is 2. The summed E-state index contributed by atoms with van der Waals surface area (Å²) in [6, 6.07) is 87.9. The Morgan fingerprint density at radius 2 is 0.528 bits per heavy atom. The molecule has 0 saturated heterocycles. The van der Waals surface area contributed by atoms with Crippen LogP contribution in [-0.4, -0.2) is 118 Å². The molecule has 0 amide bonds. The number of Topliss-reactive ketones (excluding diaryl/α,β-unsaturated/α-hetero) is 3. The topological polar surface area (TPSA) is 303 Å². The van der Waals surface area contributed by atoms with Gasteiger partial charge in [-0.1, -0.05) is 194 Å². The third-order valence-corrected chi connectivity index (χ3v) is 22.4. The Kier molecular flexibility index (Phi) is 49.8. The predicted octanol–water partition coefficient (Wildman–Crippen LogP) is 27.1. The number of ketones is 5. The number of carbonyl (C=O) groups is 5. The maximum Gasteiger partial charge on any atom is 0.455 e. The summed E-state index contributed by atoms with van der Waals surface area (Å²) in [4.78, 5) is 94.4. The van der Waals surface area contributed by atoms with Gasteiger partial charge in [-0.05, 0) is 184 Å². The second kappa shape index (κ2) is 58.0. The number of aryl methyl sites for hydroxylation is 4. The summed E-state index contributed by atoms with van der Waals surface area (Å²) in [6.45, 7) is 7.43. The van der Waals surface area contributed by atoms with E-state index in [1.165, 1.54) is 67.2 Å². The number of carbonyl (C=O) groups excluding carboxylic acids is 5. The van der Waals surface area contributed by atoms with Crippen LogP contribution >= 0.6 is 22.7 Å². The molecule has 0 aliphatic carbocycles. The van der Waals surface area contributed by atoms with E-state index in [0.29, 0.717) is 39.5 Å². The molecule has 144 heavy (non-hydrogen) atoms. The van der Waals surface area contributed by atoms with Crippen LogP contribution in [0.1, 0.15) is 83.8 Å². The van der Waals surface area contributed by atoms with E-state index in [1.54, 1.807) is 50.5 Å². The van der Waals surface area contributed by atoms with E-state index < -0.39 is 69.8 Å². The number of fused-ring (bicyclic) bond motifs is 9. The minimum atomic E-state index is -4.99. The molecule has 0 aliphatic heterocycles. The first-order valence-electron chi connectivity index (χ1n) is 41.4. The van der Waals surface area contributed by atoms with Crippen molar-refractivity contribution in [3.05, 3.63) is 433 Å². The monoisotopic (exact) mass is 2680 g/mol. The fraction of sp³-hybridized carbons (Fsp3) is 0.0642. The molecule has 0 atom stereocenters. The molecule has 0 unspecified atom stereocenters. The molecular formula is C109H82Eu5F9N9O10S2-2. The number of rotatable bonds is 11. The molecule has 9 aromatic carbocycles. The zero-order valence-corrected chi connectivity index (χ0v) is 90.2. The Balaban J connectivity index is 0.000000254. The van der Waals surface area contributed by atoms with Crippen LogP contribution in [0.3, 0.4) is 0 Å². The molecule has 20 rings (SSSR count). The third kappa shape index (κ3) is 32.0. The Bertz CT molecular complexity index is 7050. The van der Waals surface area contributed by atoms with Crippen molar-refractivity contribution < 1.29 is 336 Å². The average Bonchev–Trinajstić information content (AvgIpc) is 0.903. The number of aromatic nitrogens is 9. The molecular weight excluding hydrogens is 2590 g/mol. The number of halogens is 9. The van der Waals surface area contributed by atoms with Crippen LogP contribution in [0.25, 0.3) is 110 Å². The van der Waals surface area contributed by atoms with E-state index in [1.807, 2.05) is 110 Å². The van der Waals surface area contributed by atoms with E-state index in [9.17, 15) is 73.7 Å². The van der Waals surface area contributed by atoms with E-state index in [4.69, 9.17) is 15.3 Å². The van der Waals surface area contributed by atoms with E-state index in [0.717, 1.165) is 124 Å². The normalized spacial score (nSPS) is 10.4. The summed E-state index contributed by atoms with van der Waals surface area (Å²) >= 11 is 2.77. The first-order valence-corrected chi connectivity index (χ1v) is 43.1. The summed E-state index contributed by atoms with van der Waals surface area (Å²) in [7, 11) is 0. The number of benzene rings is 9. The maximum absolute atomic E-state index is 12.1. The molecule has 5 N–H and O–H groups in total. The largest absolute Gasteiger partial charge is 0.507 e. The summed E-state index contributed by atoms with van der Waals surface area (Å²) < 4.78 is 106. The van der Waals surface area contributed by atoms with Gasteiger partial charge in [0.25, 0.3) is 17.3 Å². The smallest absolute Gasteiger partial charge is 0.455 e. The molecule has 11 aromatic heterocycles. The van der Waals surface area contributed by atoms with E-state index >= 15 is 0 Å². The van der Waals surface area contributed by atoms with Crippen LogP contribution in [0.2, 0.25) is 0 Å². The number of aromatic hydroxyl groups is 5. The Labute approximate surface area is 1030 Å². The number of alkyl halides is 9. The van der Waals surface area contributed by atoms with E-state index in [-0.39, 0.29) is 285 Å². The molecule has 5 radical (unpaired) electrons. The molecule has 0 aliphatic rings.